The first-order valence-corrected chi connectivity index (χ1v) is 7.21. The quantitative estimate of drug-likeness (QED) is 0.901. The van der Waals surface area contributed by atoms with E-state index in [9.17, 15) is 0 Å². The number of nitrogens with two attached hydrogens (primary N) is 1. The van der Waals surface area contributed by atoms with Crippen LogP contribution in [0.15, 0.2) is 48.5 Å². The van der Waals surface area contributed by atoms with Gasteiger partial charge in [-0.15, -0.1) is 0 Å². The van der Waals surface area contributed by atoms with Gasteiger partial charge in [0.15, 0.2) is 0 Å². The van der Waals surface area contributed by atoms with Crippen molar-refractivity contribution < 1.29 is 0 Å². The van der Waals surface area contributed by atoms with Crippen molar-refractivity contribution >= 4 is 11.6 Å². The van der Waals surface area contributed by atoms with Gasteiger partial charge < -0.3 is 5.73 Å². The van der Waals surface area contributed by atoms with E-state index in [0.29, 0.717) is 12.6 Å². The monoisotopic (exact) mass is 288 g/mol. The first-order valence-electron chi connectivity index (χ1n) is 6.83. The van der Waals surface area contributed by atoms with Crippen LogP contribution in [0.4, 0.5) is 0 Å². The second kappa shape index (κ2) is 6.89. The summed E-state index contributed by atoms with van der Waals surface area (Å²) in [5.41, 5.74) is 9.42. The highest BCUT2D eigenvalue weighted by atomic mass is 35.5. The van der Waals surface area contributed by atoms with Crippen molar-refractivity contribution in [1.29, 1.82) is 0 Å². The van der Waals surface area contributed by atoms with Crippen LogP contribution < -0.4 is 5.73 Å². The molecule has 1 unspecified atom stereocenters. The topological polar surface area (TPSA) is 29.3 Å². The largest absolute Gasteiger partial charge is 0.326 e. The van der Waals surface area contributed by atoms with Crippen LogP contribution in [0.5, 0.6) is 0 Å². The van der Waals surface area contributed by atoms with Crippen LogP contribution in [0.25, 0.3) is 0 Å². The summed E-state index contributed by atoms with van der Waals surface area (Å²) in [6.45, 7) is 3.69. The van der Waals surface area contributed by atoms with Gasteiger partial charge in [0.2, 0.25) is 0 Å². The molecule has 2 N–H and O–H groups in total. The predicted octanol–water partition coefficient (Wildman–Crippen LogP) is 3.99. The molecular weight excluding hydrogens is 268 g/mol. The van der Waals surface area contributed by atoms with E-state index in [4.69, 9.17) is 17.3 Å². The van der Waals surface area contributed by atoms with E-state index < -0.39 is 0 Å². The first-order chi connectivity index (χ1) is 9.60. The van der Waals surface area contributed by atoms with E-state index in [0.717, 1.165) is 11.6 Å². The summed E-state index contributed by atoms with van der Waals surface area (Å²) < 4.78 is 0. The lowest BCUT2D eigenvalue weighted by Gasteiger charge is -2.25. The summed E-state index contributed by atoms with van der Waals surface area (Å²) in [4.78, 5) is 2.32. The molecule has 1 atom stereocenters. The summed E-state index contributed by atoms with van der Waals surface area (Å²) in [6.07, 6.45) is 0. The second-order valence-corrected chi connectivity index (χ2v) is 5.60. The Morgan fingerprint density at radius 1 is 1.10 bits per heavy atom. The van der Waals surface area contributed by atoms with Crippen molar-refractivity contribution in [2.45, 2.75) is 26.1 Å². The fraction of sp³-hybridized carbons (Fsp3) is 0.294. The lowest BCUT2D eigenvalue weighted by atomic mass is 10.1. The van der Waals surface area contributed by atoms with Gasteiger partial charge in [0, 0.05) is 24.2 Å². The number of hydrogen-bond acceptors (Lipinski definition) is 2. The summed E-state index contributed by atoms with van der Waals surface area (Å²) in [5, 5.41) is 0.777. The van der Waals surface area contributed by atoms with Crippen LogP contribution in [0, 0.1) is 0 Å². The molecule has 0 spiro atoms. The van der Waals surface area contributed by atoms with Gasteiger partial charge in [-0.3, -0.25) is 4.90 Å². The van der Waals surface area contributed by atoms with E-state index in [1.165, 1.54) is 16.7 Å². The average Bonchev–Trinajstić information content (AvgIpc) is 2.47. The van der Waals surface area contributed by atoms with Crippen molar-refractivity contribution in [1.82, 2.24) is 4.90 Å². The molecule has 0 aliphatic rings. The molecule has 0 saturated heterocycles. The molecule has 2 aromatic carbocycles. The normalized spacial score (nSPS) is 12.7. The average molecular weight is 289 g/mol. The molecule has 0 radical (unpaired) electrons. The number of benzene rings is 2. The minimum atomic E-state index is 0.341. The highest BCUT2D eigenvalue weighted by molar-refractivity contribution is 6.30. The Balaban J connectivity index is 2.06. The van der Waals surface area contributed by atoms with Gasteiger partial charge in [0.05, 0.1) is 0 Å². The fourth-order valence-corrected chi connectivity index (χ4v) is 2.40. The zero-order chi connectivity index (χ0) is 14.5. The Kier molecular flexibility index (Phi) is 5.18. The smallest absolute Gasteiger partial charge is 0.0406 e. The van der Waals surface area contributed by atoms with Gasteiger partial charge in [0.1, 0.15) is 0 Å². The molecule has 0 aromatic heterocycles. The van der Waals surface area contributed by atoms with Crippen LogP contribution in [-0.4, -0.2) is 11.9 Å². The van der Waals surface area contributed by atoms with Crippen LogP contribution >= 0.6 is 11.6 Å². The molecule has 2 aromatic rings. The van der Waals surface area contributed by atoms with Gasteiger partial charge in [-0.2, -0.15) is 0 Å². The van der Waals surface area contributed by atoms with Gasteiger partial charge in [-0.25, -0.2) is 0 Å². The van der Waals surface area contributed by atoms with Crippen molar-refractivity contribution in [3.63, 3.8) is 0 Å². The van der Waals surface area contributed by atoms with Gasteiger partial charge in [-0.1, -0.05) is 48.0 Å². The molecule has 0 saturated carbocycles. The highest BCUT2D eigenvalue weighted by Crippen LogP contribution is 2.22. The molecule has 3 heteroatoms. The number of halogens is 1. The summed E-state index contributed by atoms with van der Waals surface area (Å²) >= 11 is 5.93. The minimum absolute atomic E-state index is 0.341. The SMILES string of the molecule is CC(c1ccc(Cl)cc1)N(C)Cc1cccc(CN)c1. The maximum absolute atomic E-state index is 5.93. The maximum Gasteiger partial charge on any atom is 0.0406 e. The van der Waals surface area contributed by atoms with Gasteiger partial charge >= 0.3 is 0 Å². The summed E-state index contributed by atoms with van der Waals surface area (Å²) in [5.74, 6) is 0. The summed E-state index contributed by atoms with van der Waals surface area (Å²) in [7, 11) is 2.13. The molecule has 0 heterocycles. The van der Waals surface area contributed by atoms with E-state index in [2.05, 4.69) is 55.3 Å². The van der Waals surface area contributed by atoms with Gasteiger partial charge in [0.25, 0.3) is 0 Å². The zero-order valence-corrected chi connectivity index (χ0v) is 12.8. The van der Waals surface area contributed by atoms with Crippen LogP contribution in [0.3, 0.4) is 0 Å². The van der Waals surface area contributed by atoms with Gasteiger partial charge in [-0.05, 0) is 42.8 Å². The third kappa shape index (κ3) is 3.83. The standard InChI is InChI=1S/C17H21ClN2/c1-13(16-6-8-17(18)9-7-16)20(2)12-15-5-3-4-14(10-15)11-19/h3-10,13H,11-12,19H2,1-2H3. The lowest BCUT2D eigenvalue weighted by molar-refractivity contribution is 0.253. The molecule has 2 rings (SSSR count). The van der Waals surface area contributed by atoms with Crippen molar-refractivity contribution in [2.24, 2.45) is 5.73 Å². The van der Waals surface area contributed by atoms with Crippen LogP contribution in [0.2, 0.25) is 5.02 Å². The first kappa shape index (κ1) is 15.0. The third-order valence-electron chi connectivity index (χ3n) is 3.67. The Hall–Kier alpha value is -1.35. The molecular formula is C17H21ClN2. The number of hydrogen-bond donors (Lipinski definition) is 1. The molecule has 0 amide bonds. The Labute approximate surface area is 126 Å². The Morgan fingerprint density at radius 2 is 1.75 bits per heavy atom. The molecule has 0 aliphatic carbocycles. The third-order valence-corrected chi connectivity index (χ3v) is 3.92. The lowest BCUT2D eigenvalue weighted by Crippen LogP contribution is -2.22. The van der Waals surface area contributed by atoms with Crippen molar-refractivity contribution in [2.75, 3.05) is 7.05 Å². The number of nitrogens with zero attached hydrogens (tertiary/aromatic N) is 1. The van der Waals surface area contributed by atoms with Crippen molar-refractivity contribution in [3.8, 4) is 0 Å². The molecule has 20 heavy (non-hydrogen) atoms. The van der Waals surface area contributed by atoms with E-state index in [-0.39, 0.29) is 0 Å². The van der Waals surface area contributed by atoms with E-state index in [1.807, 2.05) is 12.1 Å². The van der Waals surface area contributed by atoms with Crippen LogP contribution in [-0.2, 0) is 13.1 Å². The maximum atomic E-state index is 5.93. The predicted molar refractivity (Wildman–Crippen MR) is 85.7 cm³/mol. The summed E-state index contributed by atoms with van der Waals surface area (Å²) in [6, 6.07) is 16.8. The highest BCUT2D eigenvalue weighted by Gasteiger charge is 2.12. The van der Waals surface area contributed by atoms with E-state index >= 15 is 0 Å². The fourth-order valence-electron chi connectivity index (χ4n) is 2.28. The molecule has 0 bridgehead atoms. The molecule has 0 fully saturated rings. The Morgan fingerprint density at radius 3 is 2.40 bits per heavy atom. The minimum Gasteiger partial charge on any atom is -0.326 e. The molecule has 2 nitrogen and oxygen atoms in total. The Bertz CT molecular complexity index is 551. The number of rotatable bonds is 5. The van der Waals surface area contributed by atoms with Crippen molar-refractivity contribution in [3.05, 3.63) is 70.2 Å². The van der Waals surface area contributed by atoms with Crippen LogP contribution in [0.1, 0.15) is 29.7 Å². The molecule has 106 valence electrons. The second-order valence-electron chi connectivity index (χ2n) is 5.17. The zero-order valence-electron chi connectivity index (χ0n) is 12.0. The molecule has 0 aliphatic heterocycles. The van der Waals surface area contributed by atoms with E-state index in [1.54, 1.807) is 0 Å².